The van der Waals surface area contributed by atoms with Gasteiger partial charge in [-0.05, 0) is 38.4 Å². The van der Waals surface area contributed by atoms with Gasteiger partial charge in [-0.15, -0.1) is 0 Å². The van der Waals surface area contributed by atoms with Crippen molar-refractivity contribution >= 4 is 0 Å². The van der Waals surface area contributed by atoms with E-state index in [0.717, 1.165) is 38.6 Å². The van der Waals surface area contributed by atoms with E-state index in [1.807, 2.05) is 0 Å². The Bertz CT molecular complexity index is 163. The number of hydrogen-bond donors (Lipinski definition) is 1. The molecule has 0 radical (unpaired) electrons. The molecule has 0 aliphatic carbocycles. The van der Waals surface area contributed by atoms with Gasteiger partial charge in [0.2, 0.25) is 0 Å². The maximum Gasteiger partial charge on any atom is 0.0589 e. The predicted molar refractivity (Wildman–Crippen MR) is 65.8 cm³/mol. The first-order valence-corrected chi connectivity index (χ1v) is 6.27. The van der Waals surface area contributed by atoms with E-state index in [-0.39, 0.29) is 0 Å². The molecule has 0 spiro atoms. The van der Waals surface area contributed by atoms with Crippen molar-refractivity contribution in [1.29, 1.82) is 0 Å². The van der Waals surface area contributed by atoms with Crippen LogP contribution in [0, 0.1) is 5.92 Å². The van der Waals surface area contributed by atoms with Crippen molar-refractivity contribution in [1.82, 2.24) is 10.2 Å². The van der Waals surface area contributed by atoms with Gasteiger partial charge in [-0.25, -0.2) is 0 Å². The fraction of sp³-hybridized carbons (Fsp3) is 1.00. The molecule has 0 atom stereocenters. The van der Waals surface area contributed by atoms with Gasteiger partial charge in [-0.3, -0.25) is 0 Å². The number of nitrogens with zero attached hydrogens (tertiary/aromatic N) is 1. The van der Waals surface area contributed by atoms with Crippen LogP contribution in [-0.2, 0) is 9.47 Å². The molecule has 0 aromatic rings. The Labute approximate surface area is 99.3 Å². The zero-order chi connectivity index (χ0) is 11.6. The van der Waals surface area contributed by atoms with Crippen LogP contribution in [0.4, 0.5) is 0 Å². The van der Waals surface area contributed by atoms with Gasteiger partial charge in [-0.1, -0.05) is 0 Å². The summed E-state index contributed by atoms with van der Waals surface area (Å²) in [6, 6.07) is 0. The molecule has 1 aliphatic heterocycles. The van der Waals surface area contributed by atoms with Gasteiger partial charge in [0, 0.05) is 33.9 Å². The van der Waals surface area contributed by atoms with Crippen LogP contribution in [0.5, 0.6) is 0 Å². The number of hydrogen-bond acceptors (Lipinski definition) is 4. The Balaban J connectivity index is 2.08. The maximum absolute atomic E-state index is 5.14. The van der Waals surface area contributed by atoms with E-state index in [1.165, 1.54) is 26.1 Å². The Morgan fingerprint density at radius 1 is 1.06 bits per heavy atom. The highest BCUT2D eigenvalue weighted by Gasteiger charge is 2.17. The van der Waals surface area contributed by atoms with Crippen molar-refractivity contribution in [2.75, 3.05) is 60.2 Å². The first kappa shape index (κ1) is 13.9. The highest BCUT2D eigenvalue weighted by atomic mass is 16.5. The zero-order valence-corrected chi connectivity index (χ0v) is 10.7. The minimum absolute atomic E-state index is 0.829. The Hall–Kier alpha value is -0.160. The second kappa shape index (κ2) is 8.93. The third kappa shape index (κ3) is 5.80. The van der Waals surface area contributed by atoms with E-state index >= 15 is 0 Å². The zero-order valence-electron chi connectivity index (χ0n) is 10.7. The second-order valence-electron chi connectivity index (χ2n) is 4.49. The summed E-state index contributed by atoms with van der Waals surface area (Å²) in [6.45, 7) is 7.45. The molecule has 16 heavy (non-hydrogen) atoms. The summed E-state index contributed by atoms with van der Waals surface area (Å²) in [6.07, 6.45) is 2.42. The molecular weight excluding hydrogens is 204 g/mol. The normalized spacial score (nSPS) is 16.7. The van der Waals surface area contributed by atoms with Crippen LogP contribution >= 0.6 is 0 Å². The highest BCUT2D eigenvalue weighted by Crippen LogP contribution is 2.09. The number of rotatable bonds is 10. The molecule has 1 fully saturated rings. The van der Waals surface area contributed by atoms with Gasteiger partial charge >= 0.3 is 0 Å². The van der Waals surface area contributed by atoms with Crippen molar-refractivity contribution in [3.63, 3.8) is 0 Å². The summed E-state index contributed by atoms with van der Waals surface area (Å²) in [4.78, 5) is 2.49. The van der Waals surface area contributed by atoms with E-state index < -0.39 is 0 Å². The largest absolute Gasteiger partial charge is 0.385 e. The van der Waals surface area contributed by atoms with Crippen LogP contribution < -0.4 is 5.32 Å². The molecule has 1 rings (SSSR count). The van der Waals surface area contributed by atoms with E-state index in [0.29, 0.717) is 0 Å². The smallest absolute Gasteiger partial charge is 0.0589 e. The third-order valence-electron chi connectivity index (χ3n) is 3.15. The quantitative estimate of drug-likeness (QED) is 0.557. The van der Waals surface area contributed by atoms with Crippen LogP contribution in [-0.4, -0.2) is 65.1 Å². The first-order chi connectivity index (χ1) is 7.86. The van der Waals surface area contributed by atoms with E-state index in [1.54, 1.807) is 14.2 Å². The van der Waals surface area contributed by atoms with Crippen LogP contribution in [0.1, 0.15) is 12.8 Å². The van der Waals surface area contributed by atoms with Gasteiger partial charge in [0.05, 0.1) is 6.61 Å². The maximum atomic E-state index is 5.14. The van der Waals surface area contributed by atoms with Crippen molar-refractivity contribution in [3.05, 3.63) is 0 Å². The molecule has 0 bridgehead atoms. The minimum Gasteiger partial charge on any atom is -0.385 e. The fourth-order valence-electron chi connectivity index (χ4n) is 1.91. The number of nitrogens with one attached hydrogen (secondary N) is 1. The summed E-state index contributed by atoms with van der Waals surface area (Å²) >= 11 is 0. The van der Waals surface area contributed by atoms with Gasteiger partial charge in [0.25, 0.3) is 0 Å². The predicted octanol–water partition coefficient (Wildman–Crippen LogP) is 0.581. The molecule has 0 aromatic carbocycles. The lowest BCUT2D eigenvalue weighted by Crippen LogP contribution is -2.44. The van der Waals surface area contributed by atoms with Gasteiger partial charge in [0.1, 0.15) is 0 Å². The molecule has 1 N–H and O–H groups in total. The SMILES string of the molecule is COCCCN(CCOC)CCC1CNC1. The third-order valence-corrected chi connectivity index (χ3v) is 3.15. The topological polar surface area (TPSA) is 33.7 Å². The lowest BCUT2D eigenvalue weighted by molar-refractivity contribution is 0.126. The standard InChI is InChI=1S/C12H26N2O2/c1-15-8-3-5-14(7-9-16-2)6-4-12-10-13-11-12/h12-13H,3-11H2,1-2H3. The van der Waals surface area contributed by atoms with Crippen LogP contribution in [0.2, 0.25) is 0 Å². The molecule has 4 heteroatoms. The minimum atomic E-state index is 0.829. The summed E-state index contributed by atoms with van der Waals surface area (Å²) in [5, 5.41) is 3.32. The summed E-state index contributed by atoms with van der Waals surface area (Å²) in [5.41, 5.74) is 0. The average Bonchev–Trinajstić information content (AvgIpc) is 2.23. The summed E-state index contributed by atoms with van der Waals surface area (Å²) in [5.74, 6) is 0.896. The molecular formula is C12H26N2O2. The Morgan fingerprint density at radius 2 is 1.81 bits per heavy atom. The molecule has 96 valence electrons. The van der Waals surface area contributed by atoms with Gasteiger partial charge in [-0.2, -0.15) is 0 Å². The molecule has 0 aromatic heterocycles. The second-order valence-corrected chi connectivity index (χ2v) is 4.49. The molecule has 1 heterocycles. The monoisotopic (exact) mass is 230 g/mol. The van der Waals surface area contributed by atoms with Crippen LogP contribution in [0.15, 0.2) is 0 Å². The Kier molecular flexibility index (Phi) is 7.76. The van der Waals surface area contributed by atoms with E-state index in [9.17, 15) is 0 Å². The number of ether oxygens (including phenoxy) is 2. The molecule has 0 unspecified atom stereocenters. The van der Waals surface area contributed by atoms with E-state index in [4.69, 9.17) is 9.47 Å². The molecule has 4 nitrogen and oxygen atoms in total. The molecule has 1 aliphatic rings. The Morgan fingerprint density at radius 3 is 2.38 bits per heavy atom. The van der Waals surface area contributed by atoms with E-state index in [2.05, 4.69) is 10.2 Å². The first-order valence-electron chi connectivity index (χ1n) is 6.27. The molecule has 1 saturated heterocycles. The number of methoxy groups -OCH3 is 2. The molecule has 0 saturated carbocycles. The fourth-order valence-corrected chi connectivity index (χ4v) is 1.91. The van der Waals surface area contributed by atoms with Crippen LogP contribution in [0.25, 0.3) is 0 Å². The average molecular weight is 230 g/mol. The van der Waals surface area contributed by atoms with Crippen molar-refractivity contribution in [3.8, 4) is 0 Å². The van der Waals surface area contributed by atoms with Gasteiger partial charge in [0.15, 0.2) is 0 Å². The lowest BCUT2D eigenvalue weighted by atomic mass is 9.99. The molecule has 0 amide bonds. The van der Waals surface area contributed by atoms with Crippen LogP contribution in [0.3, 0.4) is 0 Å². The van der Waals surface area contributed by atoms with Gasteiger partial charge < -0.3 is 19.7 Å². The van der Waals surface area contributed by atoms with Crippen molar-refractivity contribution < 1.29 is 9.47 Å². The van der Waals surface area contributed by atoms with Crippen molar-refractivity contribution in [2.24, 2.45) is 5.92 Å². The highest BCUT2D eigenvalue weighted by molar-refractivity contribution is 4.75. The summed E-state index contributed by atoms with van der Waals surface area (Å²) in [7, 11) is 3.53. The lowest BCUT2D eigenvalue weighted by Gasteiger charge is -2.30. The van der Waals surface area contributed by atoms with Crippen molar-refractivity contribution in [2.45, 2.75) is 12.8 Å². The summed E-state index contributed by atoms with van der Waals surface area (Å²) < 4.78 is 10.2.